The van der Waals surface area contributed by atoms with E-state index in [1.54, 1.807) is 6.07 Å². The van der Waals surface area contributed by atoms with Crippen LogP contribution >= 0.6 is 39.3 Å². The maximum Gasteiger partial charge on any atom is 0.277 e. The third-order valence-electron chi connectivity index (χ3n) is 5.22. The van der Waals surface area contributed by atoms with E-state index in [0.717, 1.165) is 48.4 Å². The molecular formula is C22H23BrClN5O2S. The number of carbonyl (C=O) groups excluding carboxylic acids is 1. The second-order valence-corrected chi connectivity index (χ2v) is 9.58. The largest absolute Gasteiger partial charge is 0.411 e. The van der Waals surface area contributed by atoms with Gasteiger partial charge in [-0.2, -0.15) is 0 Å². The first-order chi connectivity index (χ1) is 15.5. The number of hydrogen-bond acceptors (Lipinski definition) is 7. The molecule has 32 heavy (non-hydrogen) atoms. The number of nitrogens with zero attached hydrogens (tertiary/aromatic N) is 4. The van der Waals surface area contributed by atoms with Crippen molar-refractivity contribution in [2.75, 3.05) is 48.7 Å². The molecule has 0 spiro atoms. The van der Waals surface area contributed by atoms with Crippen LogP contribution < -0.4 is 10.2 Å². The van der Waals surface area contributed by atoms with E-state index < -0.39 is 0 Å². The van der Waals surface area contributed by atoms with E-state index >= 15 is 0 Å². The molecule has 1 saturated heterocycles. The van der Waals surface area contributed by atoms with Gasteiger partial charge in [0.25, 0.3) is 5.22 Å². The standard InChI is InChI=1S/C22H23BrClN5O2S/c1-2-28-9-11-29(12-10-28)19-8-7-17(24)13-18(19)25-20(30)14-32-22-27-26-21(31-22)15-3-5-16(23)6-4-15/h3-8,13H,2,9-12,14H2,1H3,(H,25,30). The van der Waals surface area contributed by atoms with Crippen LogP contribution in [0.5, 0.6) is 0 Å². The van der Waals surface area contributed by atoms with Crippen molar-refractivity contribution in [3.63, 3.8) is 0 Å². The van der Waals surface area contributed by atoms with Gasteiger partial charge in [0.15, 0.2) is 0 Å². The van der Waals surface area contributed by atoms with Crippen molar-refractivity contribution in [3.05, 3.63) is 52.0 Å². The van der Waals surface area contributed by atoms with Crippen LogP contribution in [-0.2, 0) is 4.79 Å². The summed E-state index contributed by atoms with van der Waals surface area (Å²) in [5.74, 6) is 0.412. The molecule has 0 unspecified atom stereocenters. The number of aromatic nitrogens is 2. The second kappa shape index (κ2) is 10.7. The fourth-order valence-corrected chi connectivity index (χ4v) is 4.48. The Bertz CT molecular complexity index is 1070. The summed E-state index contributed by atoms with van der Waals surface area (Å²) < 4.78 is 6.65. The first-order valence-corrected chi connectivity index (χ1v) is 12.5. The minimum absolute atomic E-state index is 0.150. The molecule has 0 saturated carbocycles. The van der Waals surface area contributed by atoms with Gasteiger partial charge in [0, 0.05) is 41.2 Å². The molecule has 1 aliphatic heterocycles. The molecule has 3 aromatic rings. The molecule has 0 radical (unpaired) electrons. The Morgan fingerprint density at radius 3 is 2.62 bits per heavy atom. The van der Waals surface area contributed by atoms with Crippen LogP contribution in [0.4, 0.5) is 11.4 Å². The van der Waals surface area contributed by atoms with Gasteiger partial charge < -0.3 is 19.5 Å². The Morgan fingerprint density at radius 2 is 1.91 bits per heavy atom. The van der Waals surface area contributed by atoms with Crippen LogP contribution in [0.25, 0.3) is 11.5 Å². The smallest absolute Gasteiger partial charge is 0.277 e. The van der Waals surface area contributed by atoms with Gasteiger partial charge in [0.05, 0.1) is 17.1 Å². The zero-order valence-corrected chi connectivity index (χ0v) is 20.7. The van der Waals surface area contributed by atoms with Crippen LogP contribution in [0, 0.1) is 0 Å². The molecule has 10 heteroatoms. The van der Waals surface area contributed by atoms with Crippen molar-refractivity contribution in [3.8, 4) is 11.5 Å². The van der Waals surface area contributed by atoms with Gasteiger partial charge in [-0.3, -0.25) is 4.79 Å². The molecule has 7 nitrogen and oxygen atoms in total. The lowest BCUT2D eigenvalue weighted by Gasteiger charge is -2.36. The summed E-state index contributed by atoms with van der Waals surface area (Å²) in [7, 11) is 0. The number of halogens is 2. The lowest BCUT2D eigenvalue weighted by molar-refractivity contribution is -0.113. The van der Waals surface area contributed by atoms with Crippen LogP contribution in [0.15, 0.2) is 56.6 Å². The zero-order chi connectivity index (χ0) is 22.5. The summed E-state index contributed by atoms with van der Waals surface area (Å²) in [6.07, 6.45) is 0. The lowest BCUT2D eigenvalue weighted by Crippen LogP contribution is -2.46. The molecule has 1 aliphatic rings. The molecule has 1 amide bonds. The quantitative estimate of drug-likeness (QED) is 0.425. The topological polar surface area (TPSA) is 74.5 Å². The van der Waals surface area contributed by atoms with Gasteiger partial charge in [0.1, 0.15) is 0 Å². The first kappa shape index (κ1) is 23.1. The molecule has 2 aromatic carbocycles. The number of rotatable bonds is 7. The van der Waals surface area contributed by atoms with E-state index in [0.29, 0.717) is 21.8 Å². The van der Waals surface area contributed by atoms with E-state index in [-0.39, 0.29) is 11.7 Å². The molecule has 168 valence electrons. The van der Waals surface area contributed by atoms with Gasteiger partial charge in [-0.05, 0) is 49.0 Å². The predicted octanol–water partition coefficient (Wildman–Crippen LogP) is 5.03. The van der Waals surface area contributed by atoms with Gasteiger partial charge in [0.2, 0.25) is 11.8 Å². The third kappa shape index (κ3) is 5.83. The highest BCUT2D eigenvalue weighted by Crippen LogP contribution is 2.31. The molecule has 1 N–H and O–H groups in total. The molecule has 4 rings (SSSR count). The number of amides is 1. The molecule has 1 aromatic heterocycles. The lowest BCUT2D eigenvalue weighted by atomic mass is 10.2. The van der Waals surface area contributed by atoms with E-state index in [4.69, 9.17) is 16.0 Å². The van der Waals surface area contributed by atoms with Crippen LogP contribution in [0.3, 0.4) is 0 Å². The minimum Gasteiger partial charge on any atom is -0.411 e. The predicted molar refractivity (Wildman–Crippen MR) is 133 cm³/mol. The summed E-state index contributed by atoms with van der Waals surface area (Å²) in [6, 6.07) is 13.2. The molecule has 1 fully saturated rings. The highest BCUT2D eigenvalue weighted by Gasteiger charge is 2.20. The fraction of sp³-hybridized carbons (Fsp3) is 0.318. The Labute approximate surface area is 204 Å². The normalized spacial score (nSPS) is 14.5. The number of anilines is 2. The van der Waals surface area contributed by atoms with E-state index in [2.05, 4.69) is 48.2 Å². The average Bonchev–Trinajstić information content (AvgIpc) is 3.28. The van der Waals surface area contributed by atoms with Crippen molar-refractivity contribution >= 4 is 56.6 Å². The van der Waals surface area contributed by atoms with Crippen LogP contribution in [-0.4, -0.2) is 59.5 Å². The van der Waals surface area contributed by atoms with Crippen LogP contribution in [0.2, 0.25) is 5.02 Å². The summed E-state index contributed by atoms with van der Waals surface area (Å²) in [4.78, 5) is 17.3. The Morgan fingerprint density at radius 1 is 1.16 bits per heavy atom. The SMILES string of the molecule is CCN1CCN(c2ccc(Cl)cc2NC(=O)CSc2nnc(-c3ccc(Br)cc3)o2)CC1. The maximum absolute atomic E-state index is 12.6. The number of nitrogens with one attached hydrogen (secondary N) is 1. The van der Waals surface area contributed by atoms with E-state index in [9.17, 15) is 4.79 Å². The molecule has 0 aliphatic carbocycles. The van der Waals surface area contributed by atoms with Crippen molar-refractivity contribution in [1.29, 1.82) is 0 Å². The molecular weight excluding hydrogens is 514 g/mol. The maximum atomic E-state index is 12.6. The van der Waals surface area contributed by atoms with Gasteiger partial charge in [-0.1, -0.05) is 46.2 Å². The van der Waals surface area contributed by atoms with E-state index in [1.807, 2.05) is 36.4 Å². The monoisotopic (exact) mass is 535 g/mol. The highest BCUT2D eigenvalue weighted by atomic mass is 79.9. The van der Waals surface area contributed by atoms with Crippen molar-refractivity contribution < 1.29 is 9.21 Å². The summed E-state index contributed by atoms with van der Waals surface area (Å²) in [6.45, 7) is 7.04. The number of thioether (sulfide) groups is 1. The highest BCUT2D eigenvalue weighted by molar-refractivity contribution is 9.10. The van der Waals surface area contributed by atoms with Crippen molar-refractivity contribution in [2.45, 2.75) is 12.1 Å². The fourth-order valence-electron chi connectivity index (χ4n) is 3.48. The third-order valence-corrected chi connectivity index (χ3v) is 6.80. The van der Waals surface area contributed by atoms with Crippen molar-refractivity contribution in [2.24, 2.45) is 0 Å². The van der Waals surface area contributed by atoms with Crippen molar-refractivity contribution in [1.82, 2.24) is 15.1 Å². The van der Waals surface area contributed by atoms with Gasteiger partial charge in [-0.25, -0.2) is 0 Å². The second-order valence-electron chi connectivity index (χ2n) is 7.30. The summed E-state index contributed by atoms with van der Waals surface area (Å²) >= 11 is 10.8. The molecule has 0 bridgehead atoms. The number of piperazine rings is 1. The number of carbonyl (C=O) groups is 1. The van der Waals surface area contributed by atoms with E-state index in [1.165, 1.54) is 11.8 Å². The molecule has 0 atom stereocenters. The Balaban J connectivity index is 1.37. The van der Waals surface area contributed by atoms with Gasteiger partial charge in [-0.15, -0.1) is 10.2 Å². The molecule has 2 heterocycles. The Kier molecular flexibility index (Phi) is 7.72. The number of hydrogen-bond donors (Lipinski definition) is 1. The number of likely N-dealkylation sites (N-methyl/N-ethyl adjacent to an activating group) is 1. The summed E-state index contributed by atoms with van der Waals surface area (Å²) in [5, 5.41) is 12.0. The first-order valence-electron chi connectivity index (χ1n) is 10.3. The number of benzene rings is 2. The van der Waals surface area contributed by atoms with Crippen LogP contribution in [0.1, 0.15) is 6.92 Å². The Hall–Kier alpha value is -2.07. The minimum atomic E-state index is -0.158. The van der Waals surface area contributed by atoms with Gasteiger partial charge >= 0.3 is 0 Å². The zero-order valence-electron chi connectivity index (χ0n) is 17.6. The summed E-state index contributed by atoms with van der Waals surface area (Å²) in [5.41, 5.74) is 2.52. The average molecular weight is 537 g/mol.